The van der Waals surface area contributed by atoms with Crippen molar-refractivity contribution in [2.75, 3.05) is 0 Å². The molecular weight excluding hydrogens is 245 g/mol. The third-order valence-corrected chi connectivity index (χ3v) is 3.28. The molecule has 1 aromatic heterocycles. The lowest BCUT2D eigenvalue weighted by atomic mass is 10.3. The van der Waals surface area contributed by atoms with Gasteiger partial charge in [-0.3, -0.25) is 0 Å². The van der Waals surface area contributed by atoms with E-state index in [-0.39, 0.29) is 5.82 Å². The molecule has 0 bridgehead atoms. The van der Waals surface area contributed by atoms with Gasteiger partial charge in [-0.2, -0.15) is 0 Å². The normalized spacial score (nSPS) is 10.4. The molecule has 0 saturated carbocycles. The van der Waals surface area contributed by atoms with Crippen LogP contribution in [0.5, 0.6) is 0 Å². The van der Waals surface area contributed by atoms with Crippen molar-refractivity contribution in [3.05, 3.63) is 59.1 Å². The molecule has 0 amide bonds. The number of nitrogens with zero attached hydrogens (tertiary/aromatic N) is 1. The van der Waals surface area contributed by atoms with Crippen LogP contribution in [0.2, 0.25) is 5.15 Å². The summed E-state index contributed by atoms with van der Waals surface area (Å²) < 4.78 is 12.9. The molecule has 0 aliphatic rings. The molecule has 0 saturated heterocycles. The third-order valence-electron chi connectivity index (χ3n) is 1.99. The van der Waals surface area contributed by atoms with Crippen LogP contribution in [0.4, 0.5) is 4.39 Å². The van der Waals surface area contributed by atoms with Gasteiger partial charge in [0, 0.05) is 16.8 Å². The molecule has 1 heterocycles. The van der Waals surface area contributed by atoms with Crippen LogP contribution in [0.1, 0.15) is 5.56 Å². The molecule has 0 unspecified atom stereocenters. The fourth-order valence-electron chi connectivity index (χ4n) is 1.22. The predicted molar refractivity (Wildman–Crippen MR) is 65.2 cm³/mol. The van der Waals surface area contributed by atoms with Gasteiger partial charge in [-0.25, -0.2) is 9.37 Å². The highest BCUT2D eigenvalue weighted by molar-refractivity contribution is 7.98. The van der Waals surface area contributed by atoms with Crippen molar-refractivity contribution in [2.24, 2.45) is 0 Å². The van der Waals surface area contributed by atoms with Gasteiger partial charge >= 0.3 is 0 Å². The van der Waals surface area contributed by atoms with E-state index in [1.54, 1.807) is 30.1 Å². The van der Waals surface area contributed by atoms with Crippen molar-refractivity contribution < 1.29 is 4.39 Å². The van der Waals surface area contributed by atoms with Crippen molar-refractivity contribution in [3.8, 4) is 0 Å². The summed E-state index contributed by atoms with van der Waals surface area (Å²) in [7, 11) is 0. The molecule has 16 heavy (non-hydrogen) atoms. The Morgan fingerprint density at radius 2 is 2.12 bits per heavy atom. The Labute approximate surface area is 103 Å². The topological polar surface area (TPSA) is 12.9 Å². The molecule has 1 nitrogen and oxygen atoms in total. The van der Waals surface area contributed by atoms with Crippen molar-refractivity contribution in [2.45, 2.75) is 10.6 Å². The van der Waals surface area contributed by atoms with Crippen molar-refractivity contribution in [3.63, 3.8) is 0 Å². The number of rotatable bonds is 3. The van der Waals surface area contributed by atoms with Gasteiger partial charge < -0.3 is 0 Å². The van der Waals surface area contributed by atoms with Crippen LogP contribution >= 0.6 is 23.4 Å². The highest BCUT2D eigenvalue weighted by Crippen LogP contribution is 2.23. The monoisotopic (exact) mass is 253 g/mol. The second-order valence-corrected chi connectivity index (χ2v) is 4.67. The predicted octanol–water partition coefficient (Wildman–Crippen LogP) is 4.17. The number of benzene rings is 1. The lowest BCUT2D eigenvalue weighted by molar-refractivity contribution is 0.624. The summed E-state index contributed by atoms with van der Waals surface area (Å²) in [4.78, 5) is 4.90. The lowest BCUT2D eigenvalue weighted by Crippen LogP contribution is -1.83. The Balaban J connectivity index is 1.99. The molecule has 82 valence electrons. The number of aromatic nitrogens is 1. The Morgan fingerprint density at radius 1 is 1.25 bits per heavy atom. The maximum Gasteiger partial charge on any atom is 0.129 e. The molecule has 0 fully saturated rings. The Bertz CT molecular complexity index is 473. The minimum Gasteiger partial charge on any atom is -0.244 e. The van der Waals surface area contributed by atoms with E-state index < -0.39 is 0 Å². The van der Waals surface area contributed by atoms with E-state index in [4.69, 9.17) is 11.6 Å². The van der Waals surface area contributed by atoms with Crippen LogP contribution in [0.3, 0.4) is 0 Å². The summed E-state index contributed by atoms with van der Waals surface area (Å²) in [6.07, 6.45) is 1.73. The second kappa shape index (κ2) is 5.32. The zero-order valence-electron chi connectivity index (χ0n) is 8.36. The number of hydrogen-bond donors (Lipinski definition) is 0. The maximum absolute atomic E-state index is 12.9. The lowest BCUT2D eigenvalue weighted by Gasteiger charge is -2.01. The molecule has 0 aliphatic heterocycles. The van der Waals surface area contributed by atoms with Crippen LogP contribution in [0.15, 0.2) is 47.5 Å². The Hall–Kier alpha value is -1.06. The van der Waals surface area contributed by atoms with Crippen LogP contribution in [-0.2, 0) is 5.75 Å². The highest BCUT2D eigenvalue weighted by atomic mass is 35.5. The van der Waals surface area contributed by atoms with E-state index in [0.29, 0.717) is 5.15 Å². The summed E-state index contributed by atoms with van der Waals surface area (Å²) in [5.74, 6) is 0.549. The molecule has 1 aromatic carbocycles. The van der Waals surface area contributed by atoms with E-state index >= 15 is 0 Å². The fraction of sp³-hybridized carbons (Fsp3) is 0.0833. The van der Waals surface area contributed by atoms with Gasteiger partial charge in [-0.1, -0.05) is 23.7 Å². The number of thioether (sulfide) groups is 1. The SMILES string of the molecule is Fc1cccc(SCc2ccc(Cl)nc2)c1. The average Bonchev–Trinajstić information content (AvgIpc) is 2.28. The number of hydrogen-bond acceptors (Lipinski definition) is 2. The summed E-state index contributed by atoms with van der Waals surface area (Å²) in [5, 5.41) is 0.486. The van der Waals surface area contributed by atoms with Crippen molar-refractivity contribution in [1.29, 1.82) is 0 Å². The Kier molecular flexibility index (Phi) is 3.80. The molecule has 0 N–H and O–H groups in total. The van der Waals surface area contributed by atoms with Gasteiger partial charge in [0.2, 0.25) is 0 Å². The molecule has 0 aliphatic carbocycles. The molecule has 0 atom stereocenters. The molecule has 0 spiro atoms. The van der Waals surface area contributed by atoms with E-state index in [1.807, 2.05) is 12.1 Å². The first-order chi connectivity index (χ1) is 7.74. The zero-order valence-corrected chi connectivity index (χ0v) is 9.93. The van der Waals surface area contributed by atoms with Gasteiger partial charge in [0.05, 0.1) is 0 Å². The van der Waals surface area contributed by atoms with Crippen LogP contribution in [-0.4, -0.2) is 4.98 Å². The Morgan fingerprint density at radius 3 is 2.81 bits per heavy atom. The van der Waals surface area contributed by atoms with Crippen molar-refractivity contribution in [1.82, 2.24) is 4.98 Å². The van der Waals surface area contributed by atoms with Gasteiger partial charge in [0.1, 0.15) is 11.0 Å². The van der Waals surface area contributed by atoms with Crippen LogP contribution in [0, 0.1) is 5.82 Å². The number of pyridine rings is 1. The number of halogens is 2. The van der Waals surface area contributed by atoms with Gasteiger partial charge in [0.15, 0.2) is 0 Å². The summed E-state index contributed by atoms with van der Waals surface area (Å²) in [5.41, 5.74) is 1.07. The quantitative estimate of drug-likeness (QED) is 0.602. The van der Waals surface area contributed by atoms with Crippen molar-refractivity contribution >= 4 is 23.4 Å². The van der Waals surface area contributed by atoms with E-state index in [1.165, 1.54) is 12.1 Å². The zero-order chi connectivity index (χ0) is 11.4. The largest absolute Gasteiger partial charge is 0.244 e. The molecule has 0 radical (unpaired) electrons. The molecule has 2 aromatic rings. The summed E-state index contributed by atoms with van der Waals surface area (Å²) >= 11 is 7.25. The molecule has 4 heteroatoms. The van der Waals surface area contributed by atoms with Gasteiger partial charge in [0.25, 0.3) is 0 Å². The first-order valence-corrected chi connectivity index (χ1v) is 6.09. The minimum atomic E-state index is -0.209. The first-order valence-electron chi connectivity index (χ1n) is 4.73. The van der Waals surface area contributed by atoms with Crippen LogP contribution < -0.4 is 0 Å². The standard InChI is InChI=1S/C12H9ClFNS/c13-12-5-4-9(7-15-12)8-16-11-3-1-2-10(14)6-11/h1-7H,8H2. The van der Waals surface area contributed by atoms with E-state index in [0.717, 1.165) is 16.2 Å². The molecule has 2 rings (SSSR count). The van der Waals surface area contributed by atoms with Gasteiger partial charge in [-0.15, -0.1) is 11.8 Å². The smallest absolute Gasteiger partial charge is 0.129 e. The average molecular weight is 254 g/mol. The van der Waals surface area contributed by atoms with Crippen LogP contribution in [0.25, 0.3) is 0 Å². The summed E-state index contributed by atoms with van der Waals surface area (Å²) in [6, 6.07) is 10.2. The third kappa shape index (κ3) is 3.22. The second-order valence-electron chi connectivity index (χ2n) is 3.24. The molecular formula is C12H9ClFNS. The highest BCUT2D eigenvalue weighted by Gasteiger charge is 1.98. The first kappa shape index (κ1) is 11.4. The van der Waals surface area contributed by atoms with E-state index in [2.05, 4.69) is 4.98 Å². The minimum absolute atomic E-state index is 0.209. The maximum atomic E-state index is 12.9. The fourth-order valence-corrected chi connectivity index (χ4v) is 2.20. The summed E-state index contributed by atoms with van der Waals surface area (Å²) in [6.45, 7) is 0. The van der Waals surface area contributed by atoms with E-state index in [9.17, 15) is 4.39 Å². The van der Waals surface area contributed by atoms with Gasteiger partial charge in [-0.05, 0) is 29.8 Å².